The van der Waals surface area contributed by atoms with E-state index in [1.165, 1.54) is 33.8 Å². The van der Waals surface area contributed by atoms with Crippen molar-refractivity contribution in [1.82, 2.24) is 9.97 Å². The Kier molecular flexibility index (Phi) is 2.71. The Labute approximate surface area is 134 Å². The summed E-state index contributed by atoms with van der Waals surface area (Å²) in [7, 11) is 0. The summed E-state index contributed by atoms with van der Waals surface area (Å²) >= 11 is 0. The van der Waals surface area contributed by atoms with Crippen LogP contribution in [0.3, 0.4) is 0 Å². The van der Waals surface area contributed by atoms with Crippen molar-refractivity contribution in [2.75, 3.05) is 0 Å². The molecular formula is C21H16N2. The largest absolute Gasteiger partial charge is 0.264 e. The lowest BCUT2D eigenvalue weighted by atomic mass is 10.0. The minimum absolute atomic E-state index is 0.533. The lowest BCUT2D eigenvalue weighted by Gasteiger charge is -2.06. The van der Waals surface area contributed by atoms with Crippen molar-refractivity contribution < 1.29 is 0 Å². The number of nitrogens with zero attached hydrogens (tertiary/aromatic N) is 2. The van der Waals surface area contributed by atoms with Gasteiger partial charge < -0.3 is 0 Å². The molecule has 2 atom stereocenters. The number of para-hydroxylation sites is 1. The summed E-state index contributed by atoms with van der Waals surface area (Å²) in [6.45, 7) is 0. The standard InChI is InChI=1S/C21H16N2/c1-2-7-20-15(4-1)8-9-21(23-20)18-12-17(18)16-6-3-5-14-10-11-22-13-19(14)16/h1-11,13,17-18H,12H2. The number of fused-ring (bicyclic) bond motifs is 2. The molecule has 2 aromatic carbocycles. The van der Waals surface area contributed by atoms with E-state index in [0.717, 1.165) is 5.52 Å². The first kappa shape index (κ1) is 12.8. The first-order valence-corrected chi connectivity index (χ1v) is 8.08. The van der Waals surface area contributed by atoms with Gasteiger partial charge in [0.05, 0.1) is 5.52 Å². The van der Waals surface area contributed by atoms with Gasteiger partial charge in [0.15, 0.2) is 0 Å². The third-order valence-electron chi connectivity index (χ3n) is 4.91. The van der Waals surface area contributed by atoms with E-state index in [0.29, 0.717) is 11.8 Å². The van der Waals surface area contributed by atoms with Crippen LogP contribution < -0.4 is 0 Å². The van der Waals surface area contributed by atoms with Crippen LogP contribution in [0.25, 0.3) is 21.7 Å². The van der Waals surface area contributed by atoms with Crippen LogP contribution in [0.5, 0.6) is 0 Å². The topological polar surface area (TPSA) is 25.8 Å². The van der Waals surface area contributed by atoms with Crippen molar-refractivity contribution in [3.63, 3.8) is 0 Å². The fourth-order valence-electron chi connectivity index (χ4n) is 3.61. The van der Waals surface area contributed by atoms with E-state index in [1.807, 2.05) is 12.4 Å². The van der Waals surface area contributed by atoms with Gasteiger partial charge in [0.25, 0.3) is 0 Å². The molecule has 5 rings (SSSR count). The number of aromatic nitrogens is 2. The third kappa shape index (κ3) is 2.10. The summed E-state index contributed by atoms with van der Waals surface area (Å²) in [5.74, 6) is 1.10. The fourth-order valence-corrected chi connectivity index (χ4v) is 3.61. The molecule has 23 heavy (non-hydrogen) atoms. The third-order valence-corrected chi connectivity index (χ3v) is 4.91. The number of rotatable bonds is 2. The molecule has 2 aromatic heterocycles. The van der Waals surface area contributed by atoms with Crippen molar-refractivity contribution in [3.8, 4) is 0 Å². The predicted octanol–water partition coefficient (Wildman–Crippen LogP) is 5.05. The Morgan fingerprint density at radius 1 is 0.783 bits per heavy atom. The van der Waals surface area contributed by atoms with Gasteiger partial charge >= 0.3 is 0 Å². The summed E-state index contributed by atoms with van der Waals surface area (Å²) in [5.41, 5.74) is 3.72. The molecule has 110 valence electrons. The first-order chi connectivity index (χ1) is 11.4. The molecule has 2 heteroatoms. The molecule has 2 unspecified atom stereocenters. The summed E-state index contributed by atoms with van der Waals surface area (Å²) in [6.07, 6.45) is 5.04. The van der Waals surface area contributed by atoms with Crippen LogP contribution in [0.4, 0.5) is 0 Å². The molecule has 0 bridgehead atoms. The molecule has 0 saturated heterocycles. The molecule has 2 nitrogen and oxygen atoms in total. The molecule has 0 amide bonds. The highest BCUT2D eigenvalue weighted by Gasteiger charge is 2.41. The van der Waals surface area contributed by atoms with E-state index in [1.54, 1.807) is 0 Å². The van der Waals surface area contributed by atoms with Crippen molar-refractivity contribution in [2.24, 2.45) is 0 Å². The number of benzene rings is 2. The Morgan fingerprint density at radius 3 is 2.70 bits per heavy atom. The zero-order valence-electron chi connectivity index (χ0n) is 12.7. The van der Waals surface area contributed by atoms with Gasteiger partial charge in [-0.25, -0.2) is 0 Å². The van der Waals surface area contributed by atoms with Gasteiger partial charge in [0.1, 0.15) is 0 Å². The van der Waals surface area contributed by atoms with Crippen molar-refractivity contribution in [1.29, 1.82) is 0 Å². The van der Waals surface area contributed by atoms with Crippen LogP contribution in [0.2, 0.25) is 0 Å². The lowest BCUT2D eigenvalue weighted by molar-refractivity contribution is 0.985. The monoisotopic (exact) mass is 296 g/mol. The second kappa shape index (κ2) is 4.88. The first-order valence-electron chi connectivity index (χ1n) is 8.08. The number of pyridine rings is 2. The summed E-state index contributed by atoms with van der Waals surface area (Å²) in [6, 6.07) is 21.4. The van der Waals surface area contributed by atoms with Crippen molar-refractivity contribution in [3.05, 3.63) is 84.3 Å². The molecule has 0 aliphatic heterocycles. The normalized spacial score (nSPS) is 20.0. The van der Waals surface area contributed by atoms with Crippen molar-refractivity contribution in [2.45, 2.75) is 18.3 Å². The predicted molar refractivity (Wildman–Crippen MR) is 93.6 cm³/mol. The smallest absolute Gasteiger partial charge is 0.0705 e. The Balaban J connectivity index is 1.54. The minimum Gasteiger partial charge on any atom is -0.264 e. The molecule has 2 heterocycles. The van der Waals surface area contributed by atoms with Gasteiger partial charge in [-0.15, -0.1) is 0 Å². The van der Waals surface area contributed by atoms with Crippen molar-refractivity contribution >= 4 is 21.7 Å². The van der Waals surface area contributed by atoms with E-state index in [4.69, 9.17) is 4.98 Å². The van der Waals surface area contributed by atoms with Gasteiger partial charge in [-0.1, -0.05) is 42.5 Å². The molecule has 0 N–H and O–H groups in total. The Bertz CT molecular complexity index is 1020. The highest BCUT2D eigenvalue weighted by Crippen LogP contribution is 2.55. The molecule has 1 aliphatic carbocycles. The van der Waals surface area contributed by atoms with Gasteiger partial charge in [-0.05, 0) is 41.5 Å². The zero-order chi connectivity index (χ0) is 15.2. The van der Waals surface area contributed by atoms with E-state index >= 15 is 0 Å². The highest BCUT2D eigenvalue weighted by atomic mass is 14.7. The van der Waals surface area contributed by atoms with Crippen LogP contribution in [-0.4, -0.2) is 9.97 Å². The van der Waals surface area contributed by atoms with E-state index < -0.39 is 0 Å². The molecule has 1 fully saturated rings. The molecule has 1 saturated carbocycles. The van der Waals surface area contributed by atoms with Crippen LogP contribution in [0.15, 0.2) is 73.1 Å². The maximum absolute atomic E-state index is 4.88. The quantitative estimate of drug-likeness (QED) is 0.517. The second-order valence-electron chi connectivity index (χ2n) is 6.32. The van der Waals surface area contributed by atoms with Gasteiger partial charge in [-0.3, -0.25) is 9.97 Å². The highest BCUT2D eigenvalue weighted by molar-refractivity contribution is 5.86. The van der Waals surface area contributed by atoms with E-state index in [9.17, 15) is 0 Å². The average molecular weight is 296 g/mol. The number of hydrogen-bond donors (Lipinski definition) is 0. The Hall–Kier alpha value is -2.74. The van der Waals surface area contributed by atoms with Crippen LogP contribution in [-0.2, 0) is 0 Å². The van der Waals surface area contributed by atoms with Crippen LogP contribution >= 0.6 is 0 Å². The molecule has 4 aromatic rings. The number of hydrogen-bond acceptors (Lipinski definition) is 2. The van der Waals surface area contributed by atoms with E-state index in [-0.39, 0.29) is 0 Å². The molecule has 0 spiro atoms. The fraction of sp³-hybridized carbons (Fsp3) is 0.143. The van der Waals surface area contributed by atoms with Gasteiger partial charge in [-0.2, -0.15) is 0 Å². The average Bonchev–Trinajstić information content (AvgIpc) is 3.41. The van der Waals surface area contributed by atoms with Crippen LogP contribution in [0.1, 0.15) is 29.5 Å². The lowest BCUT2D eigenvalue weighted by Crippen LogP contribution is -1.91. The van der Waals surface area contributed by atoms with Gasteiger partial charge in [0, 0.05) is 34.8 Å². The van der Waals surface area contributed by atoms with Crippen LogP contribution in [0, 0.1) is 0 Å². The minimum atomic E-state index is 0.533. The summed E-state index contributed by atoms with van der Waals surface area (Å²) in [4.78, 5) is 9.18. The SMILES string of the molecule is c1ccc2nc(C3CC3c3cccc4ccncc34)ccc2c1. The maximum atomic E-state index is 4.88. The summed E-state index contributed by atoms with van der Waals surface area (Å²) < 4.78 is 0. The maximum Gasteiger partial charge on any atom is 0.0705 e. The second-order valence-corrected chi connectivity index (χ2v) is 6.32. The Morgan fingerprint density at radius 2 is 1.70 bits per heavy atom. The molecule has 1 aliphatic rings. The molecular weight excluding hydrogens is 280 g/mol. The van der Waals surface area contributed by atoms with Gasteiger partial charge in [0.2, 0.25) is 0 Å². The molecule has 0 radical (unpaired) electrons. The summed E-state index contributed by atoms with van der Waals surface area (Å²) in [5, 5.41) is 3.76. The van der Waals surface area contributed by atoms with E-state index in [2.05, 4.69) is 65.6 Å². The zero-order valence-corrected chi connectivity index (χ0v) is 12.7.